The Hall–Kier alpha value is -0.203. The zero-order chi connectivity index (χ0) is 17.0. The Kier molecular flexibility index (Phi) is 6.83. The van der Waals surface area contributed by atoms with Crippen molar-refractivity contribution < 1.29 is 19.0 Å². The molecule has 0 aliphatic carbocycles. The summed E-state index contributed by atoms with van der Waals surface area (Å²) in [5.41, 5.74) is 0. The molecule has 5 heteroatoms. The van der Waals surface area contributed by atoms with Crippen LogP contribution >= 0.6 is 0 Å². The molecule has 1 N–H and O–H groups in total. The lowest BCUT2D eigenvalue weighted by Gasteiger charge is -2.36. The van der Waals surface area contributed by atoms with Gasteiger partial charge in [0, 0.05) is 6.61 Å². The van der Waals surface area contributed by atoms with Crippen LogP contribution < -0.4 is 0 Å². The zero-order valence-corrected chi connectivity index (χ0v) is 16.3. The molecule has 0 aromatic rings. The average Bonchev–Trinajstić information content (AvgIpc) is 2.70. The van der Waals surface area contributed by atoms with Crippen molar-refractivity contribution in [3.8, 4) is 0 Å². The second-order valence-electron chi connectivity index (χ2n) is 8.07. The van der Waals surface area contributed by atoms with Crippen LogP contribution in [0.4, 0.5) is 0 Å². The molecule has 0 bridgehead atoms. The van der Waals surface area contributed by atoms with Gasteiger partial charge in [0.2, 0.25) is 0 Å². The highest BCUT2D eigenvalue weighted by Crippen LogP contribution is 2.36. The van der Waals surface area contributed by atoms with Gasteiger partial charge in [-0.2, -0.15) is 0 Å². The van der Waals surface area contributed by atoms with Crippen LogP contribution in [-0.4, -0.2) is 44.6 Å². The summed E-state index contributed by atoms with van der Waals surface area (Å²) in [4.78, 5) is 0. The Labute approximate surface area is 137 Å². The third-order valence-corrected chi connectivity index (χ3v) is 9.03. The SMILES string of the molecule is CC1(C)OCC(/C=C/C(O)CCCO[Si](C)(C)C(C)(C)C)O1. The molecule has 0 aromatic carbocycles. The molecule has 1 aliphatic rings. The largest absolute Gasteiger partial charge is 0.417 e. The van der Waals surface area contributed by atoms with E-state index in [1.165, 1.54) is 0 Å². The number of rotatable bonds is 7. The second-order valence-corrected chi connectivity index (χ2v) is 12.9. The van der Waals surface area contributed by atoms with Gasteiger partial charge in [0.05, 0.1) is 12.7 Å². The van der Waals surface area contributed by atoms with E-state index < -0.39 is 20.2 Å². The van der Waals surface area contributed by atoms with Crippen LogP contribution in [0.25, 0.3) is 0 Å². The molecule has 1 saturated heterocycles. The van der Waals surface area contributed by atoms with E-state index >= 15 is 0 Å². The Morgan fingerprint density at radius 1 is 1.36 bits per heavy atom. The molecule has 22 heavy (non-hydrogen) atoms. The molecular weight excluding hydrogens is 296 g/mol. The summed E-state index contributed by atoms with van der Waals surface area (Å²) < 4.78 is 17.3. The van der Waals surface area contributed by atoms with E-state index in [0.717, 1.165) is 13.0 Å². The Morgan fingerprint density at radius 2 is 2.00 bits per heavy atom. The van der Waals surface area contributed by atoms with E-state index in [2.05, 4.69) is 33.9 Å². The molecule has 2 atom stereocenters. The Morgan fingerprint density at radius 3 is 2.50 bits per heavy atom. The summed E-state index contributed by atoms with van der Waals surface area (Å²) in [6.45, 7) is 16.3. The van der Waals surface area contributed by atoms with Crippen LogP contribution in [0.1, 0.15) is 47.5 Å². The molecule has 0 spiro atoms. The number of ether oxygens (including phenoxy) is 2. The number of hydrogen-bond donors (Lipinski definition) is 1. The van der Waals surface area contributed by atoms with Crippen molar-refractivity contribution in [2.75, 3.05) is 13.2 Å². The van der Waals surface area contributed by atoms with Crippen molar-refractivity contribution in [3.05, 3.63) is 12.2 Å². The highest BCUT2D eigenvalue weighted by Gasteiger charge is 2.36. The maximum Gasteiger partial charge on any atom is 0.191 e. The molecular formula is C17H34O4Si. The van der Waals surface area contributed by atoms with E-state index in [1.54, 1.807) is 0 Å². The lowest BCUT2D eigenvalue weighted by molar-refractivity contribution is -0.133. The quantitative estimate of drug-likeness (QED) is 0.437. The minimum Gasteiger partial charge on any atom is -0.417 e. The van der Waals surface area contributed by atoms with Gasteiger partial charge in [-0.15, -0.1) is 0 Å². The summed E-state index contributed by atoms with van der Waals surface area (Å²) in [5, 5.41) is 10.2. The van der Waals surface area contributed by atoms with Crippen LogP contribution in [0, 0.1) is 0 Å². The summed E-state index contributed by atoms with van der Waals surface area (Å²) in [5.74, 6) is -0.517. The standard InChI is InChI=1S/C17H34O4Si/c1-16(2,3)22(6,7)20-12-8-9-14(18)10-11-15-13-19-17(4,5)21-15/h10-11,14-15,18H,8-9,12-13H2,1-7H3/b11-10+. The second kappa shape index (κ2) is 7.58. The van der Waals surface area contributed by atoms with E-state index in [4.69, 9.17) is 13.9 Å². The van der Waals surface area contributed by atoms with Crippen LogP contribution in [0.2, 0.25) is 18.1 Å². The molecule has 4 nitrogen and oxygen atoms in total. The molecule has 2 unspecified atom stereocenters. The fourth-order valence-electron chi connectivity index (χ4n) is 1.99. The van der Waals surface area contributed by atoms with Crippen LogP contribution in [0.3, 0.4) is 0 Å². The van der Waals surface area contributed by atoms with Crippen molar-refractivity contribution in [1.82, 2.24) is 0 Å². The van der Waals surface area contributed by atoms with Gasteiger partial charge in [-0.3, -0.25) is 0 Å². The third-order valence-electron chi connectivity index (χ3n) is 4.49. The average molecular weight is 331 g/mol. The van der Waals surface area contributed by atoms with Gasteiger partial charge in [-0.1, -0.05) is 32.9 Å². The monoisotopic (exact) mass is 330 g/mol. The maximum absolute atomic E-state index is 10.0. The predicted octanol–water partition coefficient (Wildman–Crippen LogP) is 3.86. The van der Waals surface area contributed by atoms with Crippen LogP contribution in [0.5, 0.6) is 0 Å². The Balaban J connectivity index is 2.23. The van der Waals surface area contributed by atoms with Gasteiger partial charge in [-0.05, 0) is 44.8 Å². The summed E-state index contributed by atoms with van der Waals surface area (Å²) in [7, 11) is -1.67. The maximum atomic E-state index is 10.0. The molecule has 1 aliphatic heterocycles. The van der Waals surface area contributed by atoms with Crippen LogP contribution in [-0.2, 0) is 13.9 Å². The lowest BCUT2D eigenvalue weighted by atomic mass is 10.2. The van der Waals surface area contributed by atoms with Gasteiger partial charge in [0.15, 0.2) is 14.1 Å². The predicted molar refractivity (Wildman–Crippen MR) is 92.4 cm³/mol. The fourth-order valence-corrected chi connectivity index (χ4v) is 3.08. The van der Waals surface area contributed by atoms with E-state index in [-0.39, 0.29) is 11.1 Å². The highest BCUT2D eigenvalue weighted by molar-refractivity contribution is 6.74. The summed E-state index contributed by atoms with van der Waals surface area (Å²) >= 11 is 0. The van der Waals surface area contributed by atoms with Crippen molar-refractivity contribution in [3.63, 3.8) is 0 Å². The lowest BCUT2D eigenvalue weighted by Crippen LogP contribution is -2.41. The molecule has 0 aromatic heterocycles. The van der Waals surface area contributed by atoms with E-state index in [9.17, 15) is 5.11 Å². The summed E-state index contributed by atoms with van der Waals surface area (Å²) in [6, 6.07) is 0. The van der Waals surface area contributed by atoms with Crippen molar-refractivity contribution in [1.29, 1.82) is 0 Å². The van der Waals surface area contributed by atoms with Crippen LogP contribution in [0.15, 0.2) is 12.2 Å². The fraction of sp³-hybridized carbons (Fsp3) is 0.882. The van der Waals surface area contributed by atoms with Gasteiger partial charge < -0.3 is 19.0 Å². The molecule has 1 heterocycles. The molecule has 1 fully saturated rings. The van der Waals surface area contributed by atoms with Crippen molar-refractivity contribution in [2.24, 2.45) is 0 Å². The van der Waals surface area contributed by atoms with Gasteiger partial charge >= 0.3 is 0 Å². The number of aliphatic hydroxyl groups excluding tert-OH is 1. The number of hydrogen-bond acceptors (Lipinski definition) is 4. The molecule has 1 rings (SSSR count). The minimum atomic E-state index is -1.67. The third kappa shape index (κ3) is 6.50. The van der Waals surface area contributed by atoms with Gasteiger partial charge in [0.25, 0.3) is 0 Å². The van der Waals surface area contributed by atoms with E-state index in [1.807, 2.05) is 26.0 Å². The normalized spacial score (nSPS) is 24.1. The molecule has 130 valence electrons. The molecule has 0 saturated carbocycles. The highest BCUT2D eigenvalue weighted by atomic mass is 28.4. The first-order chi connectivity index (χ1) is 9.93. The summed E-state index contributed by atoms with van der Waals surface area (Å²) in [6.07, 6.45) is 4.77. The van der Waals surface area contributed by atoms with Crippen molar-refractivity contribution >= 4 is 8.32 Å². The zero-order valence-electron chi connectivity index (χ0n) is 15.3. The Bertz CT molecular complexity index is 371. The topological polar surface area (TPSA) is 47.9 Å². The van der Waals surface area contributed by atoms with E-state index in [0.29, 0.717) is 13.0 Å². The van der Waals surface area contributed by atoms with Crippen molar-refractivity contribution in [2.45, 2.75) is 83.6 Å². The minimum absolute atomic E-state index is 0.0619. The first kappa shape index (κ1) is 19.8. The first-order valence-electron chi connectivity index (χ1n) is 8.25. The number of aliphatic hydroxyl groups is 1. The van der Waals surface area contributed by atoms with Gasteiger partial charge in [0.1, 0.15) is 6.10 Å². The first-order valence-corrected chi connectivity index (χ1v) is 11.2. The molecule has 0 amide bonds. The van der Waals surface area contributed by atoms with Gasteiger partial charge in [-0.25, -0.2) is 0 Å². The molecule has 0 radical (unpaired) electrons. The smallest absolute Gasteiger partial charge is 0.191 e.